The number of aryl methyl sites for hydroxylation is 1. The third-order valence-corrected chi connectivity index (χ3v) is 5.65. The van der Waals surface area contributed by atoms with Crippen LogP contribution in [0.3, 0.4) is 0 Å². The number of aromatic nitrogens is 2. The van der Waals surface area contributed by atoms with E-state index < -0.39 is 15.8 Å². The molecule has 0 unspecified atom stereocenters. The summed E-state index contributed by atoms with van der Waals surface area (Å²) in [6.07, 6.45) is 2.47. The molecule has 0 radical (unpaired) electrons. The number of pyridine rings is 1. The van der Waals surface area contributed by atoms with Gasteiger partial charge in [0.2, 0.25) is 0 Å². The van der Waals surface area contributed by atoms with E-state index in [0.29, 0.717) is 23.4 Å². The molecule has 0 aliphatic carbocycles. The lowest BCUT2D eigenvalue weighted by Crippen LogP contribution is -2.16. The Bertz CT molecular complexity index is 963. The van der Waals surface area contributed by atoms with E-state index in [9.17, 15) is 12.8 Å². The molecule has 0 atom stereocenters. The van der Waals surface area contributed by atoms with Crippen LogP contribution in [0.15, 0.2) is 53.6 Å². The van der Waals surface area contributed by atoms with Crippen LogP contribution in [0, 0.1) is 11.7 Å². The fourth-order valence-electron chi connectivity index (χ4n) is 2.67. The first-order valence-electron chi connectivity index (χ1n) is 7.86. The molecule has 24 heavy (non-hydrogen) atoms. The summed E-state index contributed by atoms with van der Waals surface area (Å²) in [5.41, 5.74) is 0.889. The maximum Gasteiger partial charge on any atom is 0.269 e. The van der Waals surface area contributed by atoms with Gasteiger partial charge in [0.1, 0.15) is 5.82 Å². The Balaban J connectivity index is 2.22. The first-order chi connectivity index (χ1) is 11.4. The smallest absolute Gasteiger partial charge is 0.234 e. The summed E-state index contributed by atoms with van der Waals surface area (Å²) in [6.45, 7) is 4.16. The van der Waals surface area contributed by atoms with E-state index in [4.69, 9.17) is 0 Å². The quantitative estimate of drug-likeness (QED) is 0.701. The maximum absolute atomic E-state index is 13.5. The molecule has 1 aromatic carbocycles. The summed E-state index contributed by atoms with van der Waals surface area (Å²) in [6, 6.07) is 11.3. The van der Waals surface area contributed by atoms with E-state index in [-0.39, 0.29) is 10.5 Å². The van der Waals surface area contributed by atoms with E-state index >= 15 is 0 Å². The first-order valence-corrected chi connectivity index (χ1v) is 9.30. The second-order valence-corrected chi connectivity index (χ2v) is 8.00. The van der Waals surface area contributed by atoms with E-state index in [1.165, 1.54) is 10.0 Å². The molecule has 0 spiro atoms. The van der Waals surface area contributed by atoms with Crippen molar-refractivity contribution < 1.29 is 12.8 Å². The molecular weight excluding hydrogens is 327 g/mol. The molecule has 0 saturated heterocycles. The molecular formula is C18H19FN2O2S. The van der Waals surface area contributed by atoms with Crippen LogP contribution in [-0.2, 0) is 16.4 Å². The molecule has 6 heteroatoms. The van der Waals surface area contributed by atoms with Gasteiger partial charge in [0.15, 0.2) is 5.65 Å². The Hall–Kier alpha value is -2.21. The van der Waals surface area contributed by atoms with E-state index in [1.54, 1.807) is 36.4 Å². The SMILES string of the molecule is CC(C)CCc1cc2cc(F)cnc2n1S(=O)(=O)c1ccccc1. The molecule has 2 heterocycles. The van der Waals surface area contributed by atoms with Crippen molar-refractivity contribution in [3.05, 3.63) is 60.2 Å². The lowest BCUT2D eigenvalue weighted by Gasteiger charge is -2.12. The van der Waals surface area contributed by atoms with Crippen LogP contribution in [0.2, 0.25) is 0 Å². The second kappa shape index (κ2) is 6.36. The fraction of sp³-hybridized carbons (Fsp3) is 0.278. The highest BCUT2D eigenvalue weighted by Crippen LogP contribution is 2.26. The zero-order valence-corrected chi connectivity index (χ0v) is 14.4. The molecule has 0 fully saturated rings. The number of halogens is 1. The van der Waals surface area contributed by atoms with Gasteiger partial charge in [-0.3, -0.25) is 0 Å². The molecule has 4 nitrogen and oxygen atoms in total. The molecule has 3 rings (SSSR count). The van der Waals surface area contributed by atoms with Gasteiger partial charge in [-0.25, -0.2) is 21.8 Å². The highest BCUT2D eigenvalue weighted by atomic mass is 32.2. The Kier molecular flexibility index (Phi) is 4.41. The normalized spacial score (nSPS) is 12.2. The van der Waals surface area contributed by atoms with Crippen LogP contribution < -0.4 is 0 Å². The molecule has 0 saturated carbocycles. The van der Waals surface area contributed by atoms with Gasteiger partial charge in [-0.15, -0.1) is 0 Å². The topological polar surface area (TPSA) is 52.0 Å². The van der Waals surface area contributed by atoms with Gasteiger partial charge in [-0.1, -0.05) is 32.0 Å². The van der Waals surface area contributed by atoms with E-state index in [2.05, 4.69) is 18.8 Å². The summed E-state index contributed by atoms with van der Waals surface area (Å²) in [7, 11) is -3.78. The summed E-state index contributed by atoms with van der Waals surface area (Å²) in [5.74, 6) is -0.0484. The van der Waals surface area contributed by atoms with Gasteiger partial charge in [-0.2, -0.15) is 0 Å². The Morgan fingerprint density at radius 1 is 1.17 bits per heavy atom. The minimum Gasteiger partial charge on any atom is -0.234 e. The van der Waals surface area contributed by atoms with Gasteiger partial charge in [0, 0.05) is 11.1 Å². The van der Waals surface area contributed by atoms with Crippen molar-refractivity contribution >= 4 is 21.1 Å². The standard InChI is InChI=1S/C18H19FN2O2S/c1-13(2)8-9-16-11-14-10-15(19)12-20-18(14)21(16)24(22,23)17-6-4-3-5-7-17/h3-7,10-13H,8-9H2,1-2H3. The number of benzene rings is 1. The largest absolute Gasteiger partial charge is 0.269 e. The van der Waals surface area contributed by atoms with E-state index in [1.807, 2.05) is 0 Å². The lowest BCUT2D eigenvalue weighted by atomic mass is 10.1. The molecule has 0 amide bonds. The van der Waals surface area contributed by atoms with Gasteiger partial charge in [0.25, 0.3) is 10.0 Å². The Morgan fingerprint density at radius 2 is 1.88 bits per heavy atom. The van der Waals surface area contributed by atoms with Gasteiger partial charge in [-0.05, 0) is 43.0 Å². The van der Waals surface area contributed by atoms with Crippen molar-refractivity contribution in [2.24, 2.45) is 5.92 Å². The lowest BCUT2D eigenvalue weighted by molar-refractivity contribution is 0.568. The predicted octanol–water partition coefficient (Wildman–Crippen LogP) is 4.00. The number of hydrogen-bond donors (Lipinski definition) is 0. The average molecular weight is 346 g/mol. The van der Waals surface area contributed by atoms with Crippen molar-refractivity contribution in [3.8, 4) is 0 Å². The van der Waals surface area contributed by atoms with Crippen LogP contribution in [0.25, 0.3) is 11.0 Å². The molecule has 0 aliphatic rings. The zero-order chi connectivity index (χ0) is 17.3. The molecule has 126 valence electrons. The molecule has 3 aromatic rings. The van der Waals surface area contributed by atoms with Crippen LogP contribution in [0.1, 0.15) is 26.0 Å². The number of nitrogens with zero attached hydrogens (tertiary/aromatic N) is 2. The third-order valence-electron chi connectivity index (χ3n) is 3.90. The van der Waals surface area contributed by atoms with Crippen molar-refractivity contribution in [2.45, 2.75) is 31.6 Å². The van der Waals surface area contributed by atoms with Crippen molar-refractivity contribution in [1.29, 1.82) is 0 Å². The summed E-state index contributed by atoms with van der Waals surface area (Å²) < 4.78 is 40.9. The van der Waals surface area contributed by atoms with Gasteiger partial charge < -0.3 is 0 Å². The van der Waals surface area contributed by atoms with Crippen LogP contribution >= 0.6 is 0 Å². The molecule has 0 aliphatic heterocycles. The molecule has 0 bridgehead atoms. The maximum atomic E-state index is 13.5. The molecule has 2 aromatic heterocycles. The summed E-state index contributed by atoms with van der Waals surface area (Å²) in [5, 5.41) is 0.494. The van der Waals surface area contributed by atoms with Gasteiger partial charge in [0.05, 0.1) is 11.1 Å². The molecule has 0 N–H and O–H groups in total. The number of rotatable bonds is 5. The van der Waals surface area contributed by atoms with Crippen LogP contribution in [0.5, 0.6) is 0 Å². The summed E-state index contributed by atoms with van der Waals surface area (Å²) >= 11 is 0. The Labute approximate surface area is 141 Å². The second-order valence-electron chi connectivity index (χ2n) is 6.22. The zero-order valence-electron chi connectivity index (χ0n) is 13.6. The van der Waals surface area contributed by atoms with Crippen LogP contribution in [0.4, 0.5) is 4.39 Å². The number of hydrogen-bond acceptors (Lipinski definition) is 3. The first kappa shape index (κ1) is 16.6. The van der Waals surface area contributed by atoms with Crippen molar-refractivity contribution in [1.82, 2.24) is 8.96 Å². The van der Waals surface area contributed by atoms with E-state index in [0.717, 1.165) is 12.6 Å². The monoisotopic (exact) mass is 346 g/mol. The minimum absolute atomic E-state index is 0.194. The third kappa shape index (κ3) is 3.06. The average Bonchev–Trinajstić information content (AvgIpc) is 2.91. The van der Waals surface area contributed by atoms with Gasteiger partial charge >= 0.3 is 0 Å². The minimum atomic E-state index is -3.78. The fourth-order valence-corrected chi connectivity index (χ4v) is 4.22. The Morgan fingerprint density at radius 3 is 2.54 bits per heavy atom. The van der Waals surface area contributed by atoms with Crippen LogP contribution in [-0.4, -0.2) is 17.4 Å². The predicted molar refractivity (Wildman–Crippen MR) is 91.9 cm³/mol. The van der Waals surface area contributed by atoms with Crippen molar-refractivity contribution in [3.63, 3.8) is 0 Å². The highest BCUT2D eigenvalue weighted by Gasteiger charge is 2.24. The summed E-state index contributed by atoms with van der Waals surface area (Å²) in [4.78, 5) is 4.22. The highest BCUT2D eigenvalue weighted by molar-refractivity contribution is 7.90. The number of fused-ring (bicyclic) bond motifs is 1. The van der Waals surface area contributed by atoms with Crippen molar-refractivity contribution in [2.75, 3.05) is 0 Å².